The van der Waals surface area contributed by atoms with Crippen LogP contribution >= 0.6 is 0 Å². The average molecular weight is 1070 g/mol. The monoisotopic (exact) mass is 1060 g/mol. The number of carbonyl (C=O) groups is 6. The van der Waals surface area contributed by atoms with Crippen LogP contribution in [-0.4, -0.2) is 145 Å². The van der Waals surface area contributed by atoms with Crippen molar-refractivity contribution in [3.8, 4) is 0 Å². The van der Waals surface area contributed by atoms with Crippen LogP contribution in [0.25, 0.3) is 10.8 Å². The lowest BCUT2D eigenvalue weighted by molar-refractivity contribution is -0.142. The highest BCUT2D eigenvalue weighted by molar-refractivity contribution is 6.02. The standard InChI is InChI=1S/C64H88N8O6/c1-45(65-3)59(73)67-57(49-25-13-7-14-26-49)63(77)71-37-19-17-29-55(71)43-69(39-35-47-21-9-5-10-22-47)61(75)53-33-31-52-42-54(34-32-51(52)41-53)62(76)70(40-36-48-23-11-6-12-24-48)44-56-30-18-20-38-72(56)64(78)58(50-27-15-8-16-28-50)68-60(74)46(2)66-4/h5-6,9-12,21-24,31-34,41-42,45-46,49-50,55-58,65-66H,7-8,13-20,25-30,35-40,43-44H2,1-4H3,(H,67,73)(H,68,74)/t45-,46-,55-,56+,57-,58-/m0/s1. The first-order chi connectivity index (χ1) is 37.9. The molecule has 6 amide bonds. The Morgan fingerprint density at radius 1 is 0.487 bits per heavy atom. The highest BCUT2D eigenvalue weighted by atomic mass is 16.2. The highest BCUT2D eigenvalue weighted by Crippen LogP contribution is 2.32. The number of hydrogen-bond donors (Lipinski definition) is 4. The average Bonchev–Trinajstić information content (AvgIpc) is 3.52. The van der Waals surface area contributed by atoms with Gasteiger partial charge in [0.1, 0.15) is 12.1 Å². The Morgan fingerprint density at radius 3 is 1.23 bits per heavy atom. The molecule has 4 fully saturated rings. The quantitative estimate of drug-likeness (QED) is 0.0611. The second-order valence-electron chi connectivity index (χ2n) is 22.9. The maximum Gasteiger partial charge on any atom is 0.253 e. The predicted molar refractivity (Wildman–Crippen MR) is 309 cm³/mol. The van der Waals surface area contributed by atoms with Crippen LogP contribution in [0.2, 0.25) is 0 Å². The molecule has 2 saturated heterocycles. The third-order valence-corrected chi connectivity index (χ3v) is 17.6. The van der Waals surface area contributed by atoms with Crippen molar-refractivity contribution in [2.45, 2.75) is 166 Å². The van der Waals surface area contributed by atoms with Crippen molar-refractivity contribution < 1.29 is 28.8 Å². The molecule has 0 radical (unpaired) electrons. The van der Waals surface area contributed by atoms with E-state index in [-0.39, 0.29) is 59.4 Å². The Labute approximate surface area is 464 Å². The maximum atomic E-state index is 15.0. The van der Waals surface area contributed by atoms with E-state index in [2.05, 4.69) is 45.5 Å². The van der Waals surface area contributed by atoms with Gasteiger partial charge in [0, 0.05) is 62.5 Å². The van der Waals surface area contributed by atoms with E-state index in [1.807, 2.05) is 106 Å². The van der Waals surface area contributed by atoms with Crippen molar-refractivity contribution in [2.24, 2.45) is 11.8 Å². The van der Waals surface area contributed by atoms with Crippen LogP contribution in [0, 0.1) is 11.8 Å². The van der Waals surface area contributed by atoms with Crippen molar-refractivity contribution in [1.29, 1.82) is 0 Å². The topological polar surface area (TPSA) is 163 Å². The van der Waals surface area contributed by atoms with Gasteiger partial charge < -0.3 is 40.9 Å². The molecule has 2 aliphatic heterocycles. The molecule has 2 heterocycles. The summed E-state index contributed by atoms with van der Waals surface area (Å²) in [7, 11) is 3.51. The minimum Gasteiger partial charge on any atom is -0.343 e. The third-order valence-electron chi connectivity index (χ3n) is 17.6. The van der Waals surface area contributed by atoms with Gasteiger partial charge in [0.15, 0.2) is 0 Å². The molecule has 14 nitrogen and oxygen atoms in total. The first kappa shape index (κ1) is 58.0. The summed E-state index contributed by atoms with van der Waals surface area (Å²) >= 11 is 0. The molecule has 0 bridgehead atoms. The van der Waals surface area contributed by atoms with Crippen LogP contribution in [0.5, 0.6) is 0 Å². The first-order valence-electron chi connectivity index (χ1n) is 29.7. The summed E-state index contributed by atoms with van der Waals surface area (Å²) in [4.78, 5) is 94.1. The van der Waals surface area contributed by atoms with Gasteiger partial charge in [-0.25, -0.2) is 0 Å². The zero-order valence-corrected chi connectivity index (χ0v) is 47.1. The molecule has 4 aromatic rings. The number of amides is 6. The molecular weight excluding hydrogens is 977 g/mol. The third kappa shape index (κ3) is 15.2. The van der Waals surface area contributed by atoms with E-state index in [0.717, 1.165) is 125 Å². The minimum atomic E-state index is -0.612. The maximum absolute atomic E-state index is 15.0. The van der Waals surface area contributed by atoms with E-state index in [9.17, 15) is 28.8 Å². The van der Waals surface area contributed by atoms with Crippen LogP contribution < -0.4 is 21.3 Å². The SMILES string of the molecule is CN[C@@H](C)C(=O)N[C@H](C(=O)N1CCCC[C@@H]1CN(CCc1ccccc1)C(=O)c1ccc2cc(C(=O)N(CCc3ccccc3)C[C@@H]3CCCCN3C(=O)[C@@H](NC(=O)[C@H](C)NC)C3CCCCC3)ccc2c1)C1CCCCC1. The molecule has 0 unspecified atom stereocenters. The molecule has 78 heavy (non-hydrogen) atoms. The van der Waals surface area contributed by atoms with Crippen LogP contribution in [0.1, 0.15) is 148 Å². The Bertz CT molecular complexity index is 2440. The summed E-state index contributed by atoms with van der Waals surface area (Å²) < 4.78 is 0. The second kappa shape index (κ2) is 28.7. The van der Waals surface area contributed by atoms with E-state index in [1.165, 1.54) is 0 Å². The Kier molecular flexibility index (Phi) is 21.3. The van der Waals surface area contributed by atoms with Gasteiger partial charge in [0.25, 0.3) is 11.8 Å². The number of rotatable bonds is 22. The van der Waals surface area contributed by atoms with E-state index in [0.29, 0.717) is 63.2 Å². The van der Waals surface area contributed by atoms with E-state index >= 15 is 0 Å². The lowest BCUT2D eigenvalue weighted by atomic mass is 9.82. The highest BCUT2D eigenvalue weighted by Gasteiger charge is 2.41. The van der Waals surface area contributed by atoms with Crippen molar-refractivity contribution in [2.75, 3.05) is 53.4 Å². The summed E-state index contributed by atoms with van der Waals surface area (Å²) in [6.07, 6.45) is 16.5. The number of likely N-dealkylation sites (N-methyl/N-ethyl adjacent to an activating group) is 2. The number of carbonyl (C=O) groups excluding carboxylic acids is 6. The Hall–Kier alpha value is -6.12. The number of nitrogens with zero attached hydrogens (tertiary/aromatic N) is 4. The fraction of sp³-hybridized carbons (Fsp3) is 0.562. The van der Waals surface area contributed by atoms with Crippen molar-refractivity contribution in [1.82, 2.24) is 40.9 Å². The van der Waals surface area contributed by atoms with Gasteiger partial charge in [0.2, 0.25) is 23.6 Å². The number of nitrogens with one attached hydrogen (secondary N) is 4. The lowest BCUT2D eigenvalue weighted by Crippen LogP contribution is -2.60. The van der Waals surface area contributed by atoms with Gasteiger partial charge in [0.05, 0.1) is 12.1 Å². The minimum absolute atomic E-state index is 0.0401. The van der Waals surface area contributed by atoms with Gasteiger partial charge in [-0.3, -0.25) is 28.8 Å². The molecule has 0 aromatic heterocycles. The zero-order valence-electron chi connectivity index (χ0n) is 47.1. The number of benzene rings is 4. The fourth-order valence-electron chi connectivity index (χ4n) is 12.6. The van der Waals surface area contributed by atoms with E-state index in [1.54, 1.807) is 14.1 Å². The summed E-state index contributed by atoms with van der Waals surface area (Å²) in [5.41, 5.74) is 3.31. The van der Waals surface area contributed by atoms with Crippen LogP contribution in [0.4, 0.5) is 0 Å². The number of piperidine rings is 2. The number of fused-ring (bicyclic) bond motifs is 1. The second-order valence-corrected chi connectivity index (χ2v) is 22.9. The summed E-state index contributed by atoms with van der Waals surface area (Å²) in [6.45, 7) is 6.46. The van der Waals surface area contributed by atoms with Gasteiger partial charge >= 0.3 is 0 Å². The Balaban J connectivity index is 1.03. The molecule has 4 N–H and O–H groups in total. The normalized spacial score (nSPS) is 20.0. The zero-order chi connectivity index (χ0) is 55.0. The van der Waals surface area contributed by atoms with Crippen molar-refractivity contribution in [3.63, 3.8) is 0 Å². The molecule has 420 valence electrons. The number of likely N-dealkylation sites (tertiary alicyclic amines) is 2. The van der Waals surface area contributed by atoms with Crippen molar-refractivity contribution >= 4 is 46.2 Å². The summed E-state index contributed by atoms with van der Waals surface area (Å²) in [5.74, 6) is -0.534. The molecule has 4 aliphatic rings. The molecule has 2 saturated carbocycles. The van der Waals surface area contributed by atoms with Crippen molar-refractivity contribution in [3.05, 3.63) is 119 Å². The van der Waals surface area contributed by atoms with Gasteiger partial charge in [-0.1, -0.05) is 111 Å². The fourth-order valence-corrected chi connectivity index (χ4v) is 12.6. The predicted octanol–water partition coefficient (Wildman–Crippen LogP) is 8.32. The summed E-state index contributed by atoms with van der Waals surface area (Å²) in [5, 5.41) is 14.1. The summed E-state index contributed by atoms with van der Waals surface area (Å²) in [6, 6.07) is 29.2. The van der Waals surface area contributed by atoms with Crippen LogP contribution in [-0.2, 0) is 32.0 Å². The molecule has 6 atom stereocenters. The molecule has 0 spiro atoms. The molecule has 14 heteroatoms. The van der Waals surface area contributed by atoms with E-state index < -0.39 is 24.2 Å². The largest absolute Gasteiger partial charge is 0.343 e. The molecular formula is C64H88N8O6. The molecule has 2 aliphatic carbocycles. The van der Waals surface area contributed by atoms with Crippen LogP contribution in [0.15, 0.2) is 97.1 Å². The van der Waals surface area contributed by atoms with Gasteiger partial charge in [-0.05, 0) is 163 Å². The van der Waals surface area contributed by atoms with Crippen LogP contribution in [0.3, 0.4) is 0 Å². The first-order valence-corrected chi connectivity index (χ1v) is 29.7. The molecule has 4 aromatic carbocycles. The smallest absolute Gasteiger partial charge is 0.253 e. The van der Waals surface area contributed by atoms with E-state index in [4.69, 9.17) is 0 Å². The molecule has 8 rings (SSSR count). The lowest BCUT2D eigenvalue weighted by Gasteiger charge is -2.42. The number of hydrogen-bond acceptors (Lipinski definition) is 8. The van der Waals surface area contributed by atoms with Gasteiger partial charge in [-0.2, -0.15) is 0 Å². The Morgan fingerprint density at radius 2 is 0.859 bits per heavy atom. The van der Waals surface area contributed by atoms with Gasteiger partial charge in [-0.15, -0.1) is 0 Å².